The molecule has 3 aromatic carbocycles. The number of carbonyl (C=O) groups is 1. The van der Waals surface area contributed by atoms with E-state index >= 15 is 0 Å². The van der Waals surface area contributed by atoms with Gasteiger partial charge in [0.15, 0.2) is 0 Å². The van der Waals surface area contributed by atoms with Gasteiger partial charge in [0.05, 0.1) is 4.90 Å². The number of aryl methyl sites for hydroxylation is 1. The van der Waals surface area contributed by atoms with Crippen molar-refractivity contribution in [3.63, 3.8) is 0 Å². The van der Waals surface area contributed by atoms with Gasteiger partial charge in [-0.25, -0.2) is 18.6 Å². The molecule has 6 nitrogen and oxygen atoms in total. The number of sulfonamides is 1. The third-order valence-corrected chi connectivity index (χ3v) is 6.56. The van der Waals surface area contributed by atoms with Gasteiger partial charge in [0, 0.05) is 12.5 Å². The van der Waals surface area contributed by atoms with Gasteiger partial charge in [-0.15, -0.1) is 0 Å². The van der Waals surface area contributed by atoms with Crippen LogP contribution in [0.5, 0.6) is 0 Å². The van der Waals surface area contributed by atoms with Crippen molar-refractivity contribution in [1.29, 1.82) is 0 Å². The lowest BCUT2D eigenvalue weighted by atomic mass is 9.98. The number of carbonyl (C=O) groups excluding carboxylic acids is 1. The molecule has 7 heteroatoms. The predicted octanol–water partition coefficient (Wildman–Crippen LogP) is 4.23. The summed E-state index contributed by atoms with van der Waals surface area (Å²) < 4.78 is 28.8. The molecule has 0 saturated heterocycles. The van der Waals surface area contributed by atoms with E-state index in [9.17, 15) is 13.2 Å². The van der Waals surface area contributed by atoms with Gasteiger partial charge in [0.25, 0.3) is 0 Å². The second kappa shape index (κ2) is 9.84. The zero-order valence-corrected chi connectivity index (χ0v) is 17.7. The molecular formula is C23H26N2O4S. The summed E-state index contributed by atoms with van der Waals surface area (Å²) >= 11 is 0. The molecule has 0 aliphatic rings. The van der Waals surface area contributed by atoms with Crippen molar-refractivity contribution < 1.29 is 18.4 Å². The number of hydrogen-bond donors (Lipinski definition) is 3. The summed E-state index contributed by atoms with van der Waals surface area (Å²) in [6.45, 7) is 1.91. The number of fused-ring (bicyclic) bond motifs is 1. The van der Waals surface area contributed by atoms with Crippen LogP contribution in [0.25, 0.3) is 10.8 Å². The summed E-state index contributed by atoms with van der Waals surface area (Å²) in [5.41, 5.74) is 3.48. The van der Waals surface area contributed by atoms with E-state index in [0.29, 0.717) is 19.3 Å². The van der Waals surface area contributed by atoms with Crippen molar-refractivity contribution in [3.05, 3.63) is 77.9 Å². The Labute approximate surface area is 176 Å². The molecule has 1 amide bonds. The Hall–Kier alpha value is -2.74. The third kappa shape index (κ3) is 5.66. The molecule has 3 aromatic rings. The number of benzene rings is 3. The highest BCUT2D eigenvalue weighted by Crippen LogP contribution is 2.26. The van der Waals surface area contributed by atoms with Crippen LogP contribution in [0.1, 0.15) is 42.9 Å². The molecule has 0 radical (unpaired) electrons. The smallest absolute Gasteiger partial charge is 0.243 e. The first-order valence-corrected chi connectivity index (χ1v) is 11.4. The summed E-state index contributed by atoms with van der Waals surface area (Å²) in [4.78, 5) is 11.5. The lowest BCUT2D eigenvalue weighted by molar-refractivity contribution is -0.129. The van der Waals surface area contributed by atoms with Gasteiger partial charge in [-0.2, -0.15) is 0 Å². The molecule has 1 atom stereocenters. The van der Waals surface area contributed by atoms with Gasteiger partial charge in [-0.05, 0) is 54.3 Å². The van der Waals surface area contributed by atoms with E-state index in [2.05, 4.69) is 4.72 Å². The molecule has 1 unspecified atom stereocenters. The quantitative estimate of drug-likeness (QED) is 0.271. The highest BCUT2D eigenvalue weighted by atomic mass is 32.2. The summed E-state index contributed by atoms with van der Waals surface area (Å²) in [5.74, 6) is -0.447. The number of amides is 1. The van der Waals surface area contributed by atoms with E-state index < -0.39 is 22.0 Å². The molecule has 0 bridgehead atoms. The highest BCUT2D eigenvalue weighted by molar-refractivity contribution is 7.89. The first-order chi connectivity index (χ1) is 14.4. The van der Waals surface area contributed by atoms with Crippen molar-refractivity contribution in [2.45, 2.75) is 43.5 Å². The molecule has 0 spiro atoms. The van der Waals surface area contributed by atoms with Crippen LogP contribution in [0.3, 0.4) is 0 Å². The maximum absolute atomic E-state index is 13.0. The topological polar surface area (TPSA) is 95.5 Å². The van der Waals surface area contributed by atoms with Crippen LogP contribution in [-0.4, -0.2) is 19.5 Å². The molecule has 0 aliphatic carbocycles. The van der Waals surface area contributed by atoms with Gasteiger partial charge >= 0.3 is 0 Å². The summed E-state index contributed by atoms with van der Waals surface area (Å²) in [5, 5.41) is 10.7. The average Bonchev–Trinajstić information content (AvgIpc) is 2.75. The van der Waals surface area contributed by atoms with Crippen LogP contribution in [0.4, 0.5) is 0 Å². The lowest BCUT2D eigenvalue weighted by Crippen LogP contribution is -2.29. The van der Waals surface area contributed by atoms with Crippen molar-refractivity contribution >= 4 is 26.7 Å². The highest BCUT2D eigenvalue weighted by Gasteiger charge is 2.21. The number of rotatable bonds is 9. The minimum absolute atomic E-state index is 0.186. The zero-order chi connectivity index (χ0) is 21.6. The number of nitrogens with one attached hydrogen (secondary N) is 2. The van der Waals surface area contributed by atoms with Crippen LogP contribution in [0, 0.1) is 6.92 Å². The van der Waals surface area contributed by atoms with Gasteiger partial charge in [0.1, 0.15) is 0 Å². The van der Waals surface area contributed by atoms with Crippen LogP contribution < -0.4 is 10.2 Å². The van der Waals surface area contributed by atoms with Crippen molar-refractivity contribution in [3.8, 4) is 0 Å². The Balaban J connectivity index is 1.84. The maximum atomic E-state index is 13.0. The van der Waals surface area contributed by atoms with Gasteiger partial charge < -0.3 is 0 Å². The molecule has 3 rings (SSSR count). The molecule has 0 fully saturated rings. The third-order valence-electron chi connectivity index (χ3n) is 5.08. The maximum Gasteiger partial charge on any atom is 0.243 e. The minimum atomic E-state index is -3.71. The molecule has 0 aromatic heterocycles. The number of hydrogen-bond acceptors (Lipinski definition) is 4. The van der Waals surface area contributed by atoms with E-state index in [0.717, 1.165) is 21.9 Å². The summed E-state index contributed by atoms with van der Waals surface area (Å²) in [6, 6.07) is 20.1. The summed E-state index contributed by atoms with van der Waals surface area (Å²) in [7, 11) is -3.71. The van der Waals surface area contributed by atoms with Gasteiger partial charge in [-0.3, -0.25) is 10.0 Å². The lowest BCUT2D eigenvalue weighted by Gasteiger charge is -2.20. The molecule has 0 aliphatic heterocycles. The fourth-order valence-corrected chi connectivity index (χ4v) is 4.64. The molecule has 30 heavy (non-hydrogen) atoms. The zero-order valence-electron chi connectivity index (χ0n) is 16.8. The fraction of sp³-hybridized carbons (Fsp3) is 0.261. The standard InChI is InChI=1S/C23H26N2O4S/c1-17-10-14-21(15-11-17)30(28,29)25-22(8-4-5-9-23(26)24-27)20-13-12-18-6-2-3-7-19(18)16-20/h2-3,6-7,10-16,22,25,27H,4-5,8-9H2,1H3,(H,24,26). The number of hydroxylamine groups is 1. The first-order valence-electron chi connectivity index (χ1n) is 9.90. The van der Waals surface area contributed by atoms with Crippen LogP contribution in [-0.2, 0) is 14.8 Å². The molecule has 0 heterocycles. The van der Waals surface area contributed by atoms with Crippen molar-refractivity contribution in [2.24, 2.45) is 0 Å². The molecule has 0 saturated carbocycles. The Morgan fingerprint density at radius 2 is 1.67 bits per heavy atom. The van der Waals surface area contributed by atoms with Crippen molar-refractivity contribution in [2.75, 3.05) is 0 Å². The van der Waals surface area contributed by atoms with Gasteiger partial charge in [-0.1, -0.05) is 60.5 Å². The molecular weight excluding hydrogens is 400 g/mol. The largest absolute Gasteiger partial charge is 0.289 e. The molecule has 158 valence electrons. The summed E-state index contributed by atoms with van der Waals surface area (Å²) in [6.07, 6.45) is 1.89. The van der Waals surface area contributed by atoms with Gasteiger partial charge in [0.2, 0.25) is 15.9 Å². The monoisotopic (exact) mass is 426 g/mol. The number of unbranched alkanes of at least 4 members (excludes halogenated alkanes) is 1. The SMILES string of the molecule is Cc1ccc(S(=O)(=O)NC(CCCCC(=O)NO)c2ccc3ccccc3c2)cc1. The Morgan fingerprint density at radius 3 is 2.37 bits per heavy atom. The Bertz CT molecular complexity index is 1110. The van der Waals surface area contributed by atoms with Crippen LogP contribution in [0.2, 0.25) is 0 Å². The van der Waals surface area contributed by atoms with Crippen LogP contribution in [0.15, 0.2) is 71.6 Å². The normalized spacial score (nSPS) is 12.6. The second-order valence-corrected chi connectivity index (χ2v) is 9.09. The average molecular weight is 427 g/mol. The van der Waals surface area contributed by atoms with Crippen LogP contribution >= 0.6 is 0 Å². The second-order valence-electron chi connectivity index (χ2n) is 7.37. The Kier molecular flexibility index (Phi) is 7.20. The van der Waals surface area contributed by atoms with E-state index in [1.54, 1.807) is 29.7 Å². The minimum Gasteiger partial charge on any atom is -0.289 e. The predicted molar refractivity (Wildman–Crippen MR) is 117 cm³/mol. The fourth-order valence-electron chi connectivity index (χ4n) is 3.38. The Morgan fingerprint density at radius 1 is 0.967 bits per heavy atom. The van der Waals surface area contributed by atoms with E-state index in [4.69, 9.17) is 5.21 Å². The first kappa shape index (κ1) is 22.0. The van der Waals surface area contributed by atoms with E-state index in [1.807, 2.05) is 49.4 Å². The van der Waals surface area contributed by atoms with Crippen molar-refractivity contribution in [1.82, 2.24) is 10.2 Å². The van der Waals surface area contributed by atoms with E-state index in [1.165, 1.54) is 0 Å². The molecule has 3 N–H and O–H groups in total. The van der Waals surface area contributed by atoms with E-state index in [-0.39, 0.29) is 11.3 Å².